The molecule has 174 valence electrons. The molecule has 35 heavy (non-hydrogen) atoms. The molecule has 1 aliphatic rings. The lowest BCUT2D eigenvalue weighted by Crippen LogP contribution is -2.29. The molecule has 2 aromatic heterocycles. The number of ether oxygens (including phenoxy) is 1. The Kier molecular flexibility index (Phi) is 4.96. The maximum Gasteiger partial charge on any atom is 0.297 e. The van der Waals surface area contributed by atoms with Crippen LogP contribution in [0.15, 0.2) is 69.9 Å². The van der Waals surface area contributed by atoms with Crippen LogP contribution in [0.25, 0.3) is 21.2 Å². The van der Waals surface area contributed by atoms with Crippen LogP contribution >= 0.6 is 11.3 Å². The van der Waals surface area contributed by atoms with Gasteiger partial charge >= 0.3 is 0 Å². The molecule has 1 atom stereocenters. The number of carbonyl (C=O) groups excluding carboxylic acids is 1. The molecular weight excluding hydrogens is 460 g/mol. The van der Waals surface area contributed by atoms with Crippen LogP contribution in [0, 0.1) is 13.8 Å². The zero-order valence-electron chi connectivity index (χ0n) is 19.5. The van der Waals surface area contributed by atoms with Crippen molar-refractivity contribution in [1.82, 2.24) is 4.98 Å². The second kappa shape index (κ2) is 8.06. The fourth-order valence-corrected chi connectivity index (χ4v) is 6.00. The zero-order chi connectivity index (χ0) is 24.3. The lowest BCUT2D eigenvalue weighted by Gasteiger charge is -2.23. The minimum Gasteiger partial charge on any atom is -0.494 e. The minimum absolute atomic E-state index is 0.0627. The van der Waals surface area contributed by atoms with E-state index in [9.17, 15) is 9.59 Å². The first-order valence-corrected chi connectivity index (χ1v) is 12.3. The summed E-state index contributed by atoms with van der Waals surface area (Å²) in [5.74, 6) is 0.363. The van der Waals surface area contributed by atoms with Gasteiger partial charge in [-0.3, -0.25) is 14.5 Å². The van der Waals surface area contributed by atoms with Gasteiger partial charge in [-0.15, -0.1) is 0 Å². The van der Waals surface area contributed by atoms with Crippen molar-refractivity contribution in [2.45, 2.75) is 26.8 Å². The normalized spacial score (nSPS) is 15.2. The highest BCUT2D eigenvalue weighted by Crippen LogP contribution is 2.44. The van der Waals surface area contributed by atoms with Gasteiger partial charge in [0.2, 0.25) is 5.76 Å². The topological polar surface area (TPSA) is 72.6 Å². The highest BCUT2D eigenvalue weighted by atomic mass is 32.1. The zero-order valence-corrected chi connectivity index (χ0v) is 20.3. The third-order valence-corrected chi connectivity index (χ3v) is 7.29. The van der Waals surface area contributed by atoms with E-state index in [1.165, 1.54) is 11.3 Å². The number of thiazole rings is 1. The summed E-state index contributed by atoms with van der Waals surface area (Å²) in [6, 6.07) is 18.0. The summed E-state index contributed by atoms with van der Waals surface area (Å²) in [7, 11) is 0. The molecule has 3 aromatic carbocycles. The highest BCUT2D eigenvalue weighted by molar-refractivity contribution is 7.22. The van der Waals surface area contributed by atoms with E-state index in [0.717, 1.165) is 26.9 Å². The van der Waals surface area contributed by atoms with Gasteiger partial charge in [-0.05, 0) is 67.8 Å². The maximum atomic E-state index is 13.8. The van der Waals surface area contributed by atoms with E-state index in [1.54, 1.807) is 29.2 Å². The standard InChI is InChI=1S/C28H22N2O4S/c1-4-33-18-9-7-8-17(14-18)24-22-25(31)19-10-5-6-11-20(19)34-26(22)27(32)30(24)28-29-23-16(3)12-15(2)13-21(23)35-28/h5-14,24H,4H2,1-3H3/t24-/m1/s1. The number of fused-ring (bicyclic) bond motifs is 3. The highest BCUT2D eigenvalue weighted by Gasteiger charge is 2.45. The Labute approximate surface area is 205 Å². The molecule has 7 heteroatoms. The van der Waals surface area contributed by atoms with E-state index in [4.69, 9.17) is 14.1 Å². The van der Waals surface area contributed by atoms with Crippen LogP contribution in [0.1, 0.15) is 45.8 Å². The molecule has 0 N–H and O–H groups in total. The first kappa shape index (κ1) is 21.6. The molecule has 0 saturated carbocycles. The van der Waals surface area contributed by atoms with Gasteiger partial charge in [0.15, 0.2) is 10.6 Å². The van der Waals surface area contributed by atoms with Crippen LogP contribution < -0.4 is 15.1 Å². The second-order valence-electron chi connectivity index (χ2n) is 8.68. The predicted molar refractivity (Wildman–Crippen MR) is 138 cm³/mol. The maximum absolute atomic E-state index is 13.8. The van der Waals surface area contributed by atoms with Crippen LogP contribution in [0.3, 0.4) is 0 Å². The van der Waals surface area contributed by atoms with Crippen LogP contribution in [0.4, 0.5) is 5.13 Å². The molecule has 0 saturated heterocycles. The number of hydrogen-bond acceptors (Lipinski definition) is 6. The van der Waals surface area contributed by atoms with Crippen molar-refractivity contribution in [3.05, 3.63) is 98.9 Å². The number of carbonyl (C=O) groups is 1. The van der Waals surface area contributed by atoms with Gasteiger partial charge in [0.05, 0.1) is 33.8 Å². The number of aryl methyl sites for hydroxylation is 2. The van der Waals surface area contributed by atoms with Crippen LogP contribution in [0.2, 0.25) is 0 Å². The number of aromatic nitrogens is 1. The van der Waals surface area contributed by atoms with Crippen molar-refractivity contribution in [1.29, 1.82) is 0 Å². The van der Waals surface area contributed by atoms with Gasteiger partial charge in [0.1, 0.15) is 11.3 Å². The Morgan fingerprint density at radius 2 is 1.89 bits per heavy atom. The smallest absolute Gasteiger partial charge is 0.297 e. The molecule has 0 spiro atoms. The lowest BCUT2D eigenvalue weighted by molar-refractivity contribution is 0.0971. The van der Waals surface area contributed by atoms with Gasteiger partial charge in [-0.1, -0.05) is 41.7 Å². The minimum atomic E-state index is -0.680. The fourth-order valence-electron chi connectivity index (χ4n) is 4.84. The summed E-state index contributed by atoms with van der Waals surface area (Å²) in [5, 5.41) is 0.975. The van der Waals surface area contributed by atoms with Crippen molar-refractivity contribution in [2.24, 2.45) is 0 Å². The SMILES string of the molecule is CCOc1cccc([C@@H]2c3c(oc4ccccc4c3=O)C(=O)N2c2nc3c(C)cc(C)cc3s2)c1. The first-order chi connectivity index (χ1) is 17.0. The summed E-state index contributed by atoms with van der Waals surface area (Å²) in [6.45, 7) is 6.48. The molecule has 5 aromatic rings. The Balaban J connectivity index is 1.63. The van der Waals surface area contributed by atoms with Gasteiger partial charge in [-0.2, -0.15) is 0 Å². The van der Waals surface area contributed by atoms with E-state index in [-0.39, 0.29) is 17.1 Å². The van der Waals surface area contributed by atoms with Crippen LogP contribution in [-0.4, -0.2) is 17.5 Å². The molecule has 6 nitrogen and oxygen atoms in total. The molecule has 0 bridgehead atoms. The summed E-state index contributed by atoms with van der Waals surface area (Å²) in [4.78, 5) is 34.0. The number of hydrogen-bond donors (Lipinski definition) is 0. The molecule has 0 unspecified atom stereocenters. The summed E-state index contributed by atoms with van der Waals surface area (Å²) < 4.78 is 12.8. The number of para-hydroxylation sites is 1. The molecule has 3 heterocycles. The molecule has 0 aliphatic carbocycles. The molecule has 0 fully saturated rings. The summed E-state index contributed by atoms with van der Waals surface area (Å²) in [6.07, 6.45) is 0. The lowest BCUT2D eigenvalue weighted by atomic mass is 9.98. The quantitative estimate of drug-likeness (QED) is 0.306. The van der Waals surface area contributed by atoms with E-state index < -0.39 is 6.04 Å². The molecule has 6 rings (SSSR count). The van der Waals surface area contributed by atoms with Crippen LogP contribution in [0.5, 0.6) is 5.75 Å². The fraction of sp³-hybridized carbons (Fsp3) is 0.179. The first-order valence-electron chi connectivity index (χ1n) is 11.5. The van der Waals surface area contributed by atoms with Gasteiger partial charge < -0.3 is 9.15 Å². The largest absolute Gasteiger partial charge is 0.494 e. The van der Waals surface area contributed by atoms with Crippen molar-refractivity contribution in [2.75, 3.05) is 11.5 Å². The third-order valence-electron chi connectivity index (χ3n) is 6.29. The average molecular weight is 483 g/mol. The Bertz CT molecular complexity index is 1700. The summed E-state index contributed by atoms with van der Waals surface area (Å²) in [5.41, 5.74) is 4.30. The average Bonchev–Trinajstić information content (AvgIpc) is 3.39. The second-order valence-corrected chi connectivity index (χ2v) is 9.69. The Morgan fingerprint density at radius 3 is 2.71 bits per heavy atom. The van der Waals surface area contributed by atoms with E-state index in [1.807, 2.05) is 45.0 Å². The summed E-state index contributed by atoms with van der Waals surface area (Å²) >= 11 is 1.44. The van der Waals surface area contributed by atoms with E-state index in [0.29, 0.717) is 34.0 Å². The molecule has 1 amide bonds. The van der Waals surface area contributed by atoms with Gasteiger partial charge in [0, 0.05) is 0 Å². The van der Waals surface area contributed by atoms with Gasteiger partial charge in [-0.25, -0.2) is 4.98 Å². The van der Waals surface area contributed by atoms with E-state index >= 15 is 0 Å². The van der Waals surface area contributed by atoms with Crippen molar-refractivity contribution in [3.8, 4) is 5.75 Å². The predicted octanol–water partition coefficient (Wildman–Crippen LogP) is 6.17. The van der Waals surface area contributed by atoms with Crippen molar-refractivity contribution < 1.29 is 13.9 Å². The number of amides is 1. The third kappa shape index (κ3) is 3.34. The number of benzene rings is 3. The number of nitrogens with zero attached hydrogens (tertiary/aromatic N) is 2. The van der Waals surface area contributed by atoms with Crippen molar-refractivity contribution >= 4 is 43.6 Å². The number of anilines is 1. The Hall–Kier alpha value is -3.97. The van der Waals surface area contributed by atoms with Gasteiger partial charge in [0.25, 0.3) is 5.91 Å². The molecular formula is C28H22N2O4S. The van der Waals surface area contributed by atoms with Crippen molar-refractivity contribution in [3.63, 3.8) is 0 Å². The molecule has 0 radical (unpaired) electrons. The number of rotatable bonds is 4. The van der Waals surface area contributed by atoms with E-state index in [2.05, 4.69) is 12.1 Å². The monoisotopic (exact) mass is 482 g/mol. The molecule has 1 aliphatic heterocycles. The van der Waals surface area contributed by atoms with Crippen LogP contribution in [-0.2, 0) is 0 Å². The Morgan fingerprint density at radius 1 is 1.06 bits per heavy atom.